The molecule has 0 aliphatic rings. The Morgan fingerprint density at radius 2 is 1.88 bits per heavy atom. The van der Waals surface area contributed by atoms with Crippen LogP contribution < -0.4 is 16.2 Å². The number of aryl methyl sites for hydroxylation is 2. The summed E-state index contributed by atoms with van der Waals surface area (Å²) in [4.78, 5) is 42.4. The second-order valence-electron chi connectivity index (χ2n) is 8.17. The minimum atomic E-state index is -0.384. The number of nitrogens with one attached hydrogen (secondary N) is 2. The van der Waals surface area contributed by atoms with Crippen LogP contribution in [0.3, 0.4) is 0 Å². The highest BCUT2D eigenvalue weighted by atomic mass is 35.5. The standard InChI is InChI=1S/C24H27ClN4O3/c1-15(2)13-26-22(30)11-10-20-24(32)29(21-7-5-4-6-19(21)27-20)14-23(31)28-18-9-8-16(3)12-17(18)25/h4-9,12,15H,10-11,13-14H2,1-3H3,(H,26,30)(H,28,31). The Bertz CT molecular complexity index is 1200. The largest absolute Gasteiger partial charge is 0.356 e. The molecule has 2 amide bonds. The lowest BCUT2D eigenvalue weighted by Crippen LogP contribution is -2.32. The summed E-state index contributed by atoms with van der Waals surface area (Å²) in [6, 6.07) is 12.5. The van der Waals surface area contributed by atoms with E-state index in [4.69, 9.17) is 11.6 Å². The molecule has 0 atom stereocenters. The Labute approximate surface area is 191 Å². The summed E-state index contributed by atoms with van der Waals surface area (Å²) in [5.41, 5.74) is 2.47. The fraction of sp³-hybridized carbons (Fsp3) is 0.333. The van der Waals surface area contributed by atoms with Crippen molar-refractivity contribution in [3.05, 3.63) is 69.1 Å². The van der Waals surface area contributed by atoms with Crippen molar-refractivity contribution in [2.24, 2.45) is 5.92 Å². The molecular weight excluding hydrogens is 428 g/mol. The number of benzene rings is 2. The van der Waals surface area contributed by atoms with Crippen molar-refractivity contribution in [2.45, 2.75) is 40.2 Å². The fourth-order valence-corrected chi connectivity index (χ4v) is 3.54. The summed E-state index contributed by atoms with van der Waals surface area (Å²) < 4.78 is 1.39. The monoisotopic (exact) mass is 454 g/mol. The van der Waals surface area contributed by atoms with Crippen LogP contribution in [0.5, 0.6) is 0 Å². The summed E-state index contributed by atoms with van der Waals surface area (Å²) in [5, 5.41) is 6.03. The van der Waals surface area contributed by atoms with Gasteiger partial charge in [0.25, 0.3) is 5.56 Å². The first-order valence-electron chi connectivity index (χ1n) is 10.6. The van der Waals surface area contributed by atoms with Crippen LogP contribution in [0.1, 0.15) is 31.5 Å². The van der Waals surface area contributed by atoms with Crippen LogP contribution in [-0.2, 0) is 22.6 Å². The van der Waals surface area contributed by atoms with Crippen molar-refractivity contribution in [3.8, 4) is 0 Å². The van der Waals surface area contributed by atoms with Gasteiger partial charge in [0.05, 0.1) is 21.7 Å². The molecule has 8 heteroatoms. The summed E-state index contributed by atoms with van der Waals surface area (Å²) in [6.45, 7) is 6.32. The van der Waals surface area contributed by atoms with E-state index in [1.165, 1.54) is 4.57 Å². The third-order valence-electron chi connectivity index (χ3n) is 4.92. The molecule has 0 fully saturated rings. The highest BCUT2D eigenvalue weighted by molar-refractivity contribution is 6.33. The number of rotatable bonds is 8. The third kappa shape index (κ3) is 5.95. The SMILES string of the molecule is Cc1ccc(NC(=O)Cn2c(=O)c(CCC(=O)NCC(C)C)nc3ccccc32)c(Cl)c1. The van der Waals surface area contributed by atoms with Crippen LogP contribution in [0.2, 0.25) is 5.02 Å². The lowest BCUT2D eigenvalue weighted by Gasteiger charge is -2.13. The molecule has 32 heavy (non-hydrogen) atoms. The van der Waals surface area contributed by atoms with E-state index in [1.54, 1.807) is 30.3 Å². The lowest BCUT2D eigenvalue weighted by molar-refractivity contribution is -0.121. The van der Waals surface area contributed by atoms with Crippen molar-refractivity contribution in [1.82, 2.24) is 14.9 Å². The molecule has 168 valence electrons. The van der Waals surface area contributed by atoms with E-state index in [1.807, 2.05) is 32.9 Å². The fourth-order valence-electron chi connectivity index (χ4n) is 3.26. The second-order valence-corrected chi connectivity index (χ2v) is 8.58. The Kier molecular flexibility index (Phi) is 7.64. The zero-order valence-electron chi connectivity index (χ0n) is 18.4. The van der Waals surface area contributed by atoms with E-state index >= 15 is 0 Å². The molecule has 0 aliphatic carbocycles. The van der Waals surface area contributed by atoms with Gasteiger partial charge >= 0.3 is 0 Å². The van der Waals surface area contributed by atoms with E-state index < -0.39 is 0 Å². The maximum Gasteiger partial charge on any atom is 0.273 e. The number of hydrogen-bond donors (Lipinski definition) is 2. The van der Waals surface area contributed by atoms with Crippen LogP contribution in [0, 0.1) is 12.8 Å². The third-order valence-corrected chi connectivity index (χ3v) is 5.23. The van der Waals surface area contributed by atoms with Crippen molar-refractivity contribution in [2.75, 3.05) is 11.9 Å². The molecule has 3 aromatic rings. The van der Waals surface area contributed by atoms with Gasteiger partial charge in [0.1, 0.15) is 12.2 Å². The number of fused-ring (bicyclic) bond motifs is 1. The highest BCUT2D eigenvalue weighted by Crippen LogP contribution is 2.22. The van der Waals surface area contributed by atoms with Gasteiger partial charge in [-0.15, -0.1) is 0 Å². The van der Waals surface area contributed by atoms with Crippen LogP contribution in [0.25, 0.3) is 11.0 Å². The first kappa shape index (κ1) is 23.5. The van der Waals surface area contributed by atoms with Crippen molar-refractivity contribution in [3.63, 3.8) is 0 Å². The summed E-state index contributed by atoms with van der Waals surface area (Å²) in [6.07, 6.45) is 0.345. The molecule has 1 aromatic heterocycles. The molecular formula is C24H27ClN4O3. The molecule has 0 saturated carbocycles. The molecule has 0 aliphatic heterocycles. The number of nitrogens with zero attached hydrogens (tertiary/aromatic N) is 2. The number of hydrogen-bond acceptors (Lipinski definition) is 4. The number of carbonyl (C=O) groups is 2. The smallest absolute Gasteiger partial charge is 0.273 e. The number of amides is 2. The van der Waals surface area contributed by atoms with Gasteiger partial charge in [-0.2, -0.15) is 0 Å². The topological polar surface area (TPSA) is 93.1 Å². The first-order chi connectivity index (χ1) is 15.2. The maximum absolute atomic E-state index is 13.1. The van der Waals surface area contributed by atoms with Crippen LogP contribution in [0.4, 0.5) is 5.69 Å². The first-order valence-corrected chi connectivity index (χ1v) is 10.9. The van der Waals surface area contributed by atoms with Gasteiger partial charge in [0, 0.05) is 19.4 Å². The molecule has 0 spiro atoms. The van der Waals surface area contributed by atoms with Gasteiger partial charge in [0.15, 0.2) is 0 Å². The van der Waals surface area contributed by atoms with Crippen molar-refractivity contribution >= 4 is 40.1 Å². The number of aromatic nitrogens is 2. The average Bonchev–Trinajstić information content (AvgIpc) is 2.75. The molecule has 0 unspecified atom stereocenters. The highest BCUT2D eigenvalue weighted by Gasteiger charge is 2.15. The summed E-state index contributed by atoms with van der Waals surface area (Å²) >= 11 is 6.21. The van der Waals surface area contributed by atoms with Crippen LogP contribution >= 0.6 is 11.6 Å². The molecule has 2 N–H and O–H groups in total. The molecule has 0 radical (unpaired) electrons. The van der Waals surface area contributed by atoms with Gasteiger partial charge in [0.2, 0.25) is 11.8 Å². The molecule has 2 aromatic carbocycles. The number of halogens is 1. The van der Waals surface area contributed by atoms with E-state index in [-0.39, 0.29) is 42.5 Å². The Balaban J connectivity index is 1.83. The number of anilines is 1. The normalized spacial score (nSPS) is 11.0. The van der Waals surface area contributed by atoms with Crippen molar-refractivity contribution in [1.29, 1.82) is 0 Å². The molecule has 0 saturated heterocycles. The Morgan fingerprint density at radius 3 is 2.59 bits per heavy atom. The molecule has 1 heterocycles. The van der Waals surface area contributed by atoms with Gasteiger partial charge in [-0.25, -0.2) is 4.98 Å². The van der Waals surface area contributed by atoms with Crippen molar-refractivity contribution < 1.29 is 9.59 Å². The summed E-state index contributed by atoms with van der Waals surface area (Å²) in [7, 11) is 0. The minimum absolute atomic E-state index is 0.133. The zero-order chi connectivity index (χ0) is 23.3. The minimum Gasteiger partial charge on any atom is -0.356 e. The predicted molar refractivity (Wildman–Crippen MR) is 127 cm³/mol. The van der Waals surface area contributed by atoms with Crippen LogP contribution in [0.15, 0.2) is 47.3 Å². The van der Waals surface area contributed by atoms with E-state index in [0.717, 1.165) is 5.56 Å². The summed E-state index contributed by atoms with van der Waals surface area (Å²) in [5.74, 6) is -0.170. The van der Waals surface area contributed by atoms with Gasteiger partial charge in [-0.3, -0.25) is 19.0 Å². The predicted octanol–water partition coefficient (Wildman–Crippen LogP) is 3.70. The maximum atomic E-state index is 13.1. The number of para-hydroxylation sites is 2. The average molecular weight is 455 g/mol. The molecule has 7 nitrogen and oxygen atoms in total. The number of carbonyl (C=O) groups excluding carboxylic acids is 2. The molecule has 3 rings (SSSR count). The van der Waals surface area contributed by atoms with E-state index in [9.17, 15) is 14.4 Å². The van der Waals surface area contributed by atoms with E-state index in [2.05, 4.69) is 15.6 Å². The molecule has 0 bridgehead atoms. The quantitative estimate of drug-likeness (QED) is 0.542. The lowest BCUT2D eigenvalue weighted by atomic mass is 10.2. The van der Waals surface area contributed by atoms with Gasteiger partial charge in [-0.05, 0) is 42.7 Å². The Hall–Kier alpha value is -3.19. The van der Waals surface area contributed by atoms with E-state index in [0.29, 0.717) is 34.2 Å². The second kappa shape index (κ2) is 10.4. The van der Waals surface area contributed by atoms with Gasteiger partial charge < -0.3 is 10.6 Å². The van der Waals surface area contributed by atoms with Crippen LogP contribution in [-0.4, -0.2) is 27.9 Å². The van der Waals surface area contributed by atoms with Gasteiger partial charge in [-0.1, -0.05) is 43.6 Å². The zero-order valence-corrected chi connectivity index (χ0v) is 19.2. The Morgan fingerprint density at radius 1 is 1.12 bits per heavy atom.